The lowest BCUT2D eigenvalue weighted by Crippen LogP contribution is -2.43. The Morgan fingerprint density at radius 2 is 2.40 bits per heavy atom. The molecule has 15 heavy (non-hydrogen) atoms. The molecule has 82 valence electrons. The molecule has 1 unspecified atom stereocenters. The summed E-state index contributed by atoms with van der Waals surface area (Å²) in [7, 11) is 1.25. The summed E-state index contributed by atoms with van der Waals surface area (Å²) >= 11 is 1.43. The van der Waals surface area contributed by atoms with E-state index in [1.54, 1.807) is 16.8 Å². The van der Waals surface area contributed by atoms with Gasteiger partial charge in [-0.15, -0.1) is 0 Å². The maximum Gasteiger partial charge on any atom is 0.324 e. The summed E-state index contributed by atoms with van der Waals surface area (Å²) in [5.74, 6) is -0.781. The molecule has 3 N–H and O–H groups in total. The lowest BCUT2D eigenvalue weighted by molar-refractivity contribution is -0.141. The second-order valence-electron chi connectivity index (χ2n) is 2.85. The third kappa shape index (κ3) is 3.34. The Hall–Kier alpha value is -1.40. The first-order chi connectivity index (χ1) is 7.15. The van der Waals surface area contributed by atoms with Gasteiger partial charge in [-0.3, -0.25) is 9.59 Å². The second-order valence-corrected chi connectivity index (χ2v) is 3.63. The summed E-state index contributed by atoms with van der Waals surface area (Å²) in [5.41, 5.74) is 6.01. The SMILES string of the molecule is COC(=O)C(N)CNC(=O)c1ccsc1. The summed E-state index contributed by atoms with van der Waals surface area (Å²) in [5, 5.41) is 6.06. The first-order valence-corrected chi connectivity index (χ1v) is 5.23. The first-order valence-electron chi connectivity index (χ1n) is 4.29. The molecule has 0 bridgehead atoms. The average molecular weight is 228 g/mol. The molecule has 0 aromatic carbocycles. The zero-order valence-electron chi connectivity index (χ0n) is 8.23. The van der Waals surface area contributed by atoms with E-state index in [9.17, 15) is 9.59 Å². The smallest absolute Gasteiger partial charge is 0.324 e. The topological polar surface area (TPSA) is 81.4 Å². The molecule has 0 spiro atoms. The molecule has 0 fully saturated rings. The van der Waals surface area contributed by atoms with Crippen LogP contribution in [0.5, 0.6) is 0 Å². The van der Waals surface area contributed by atoms with E-state index in [1.807, 2.05) is 0 Å². The number of thiophene rings is 1. The molecule has 1 aromatic rings. The summed E-state index contributed by atoms with van der Waals surface area (Å²) < 4.78 is 4.42. The zero-order valence-corrected chi connectivity index (χ0v) is 9.04. The molecule has 1 atom stereocenters. The van der Waals surface area contributed by atoms with Gasteiger partial charge in [-0.2, -0.15) is 11.3 Å². The van der Waals surface area contributed by atoms with Crippen LogP contribution >= 0.6 is 11.3 Å². The molecule has 1 amide bonds. The minimum atomic E-state index is -0.822. The molecule has 0 aliphatic carbocycles. The molecule has 0 aliphatic rings. The summed E-state index contributed by atoms with van der Waals surface area (Å²) in [6, 6.07) is 0.876. The largest absolute Gasteiger partial charge is 0.468 e. The Morgan fingerprint density at radius 1 is 1.67 bits per heavy atom. The number of nitrogens with one attached hydrogen (secondary N) is 1. The molecule has 1 rings (SSSR count). The second kappa shape index (κ2) is 5.47. The van der Waals surface area contributed by atoms with Crippen LogP contribution in [0.1, 0.15) is 10.4 Å². The van der Waals surface area contributed by atoms with E-state index in [2.05, 4.69) is 10.1 Å². The fourth-order valence-electron chi connectivity index (χ4n) is 0.933. The lowest BCUT2D eigenvalue weighted by atomic mass is 10.3. The fraction of sp³-hybridized carbons (Fsp3) is 0.333. The number of carbonyl (C=O) groups is 2. The number of rotatable bonds is 4. The number of ether oxygens (including phenoxy) is 1. The van der Waals surface area contributed by atoms with Crippen molar-refractivity contribution in [3.05, 3.63) is 22.4 Å². The fourth-order valence-corrected chi connectivity index (χ4v) is 1.57. The maximum absolute atomic E-state index is 11.4. The van der Waals surface area contributed by atoms with Gasteiger partial charge in [0.05, 0.1) is 7.11 Å². The molecule has 5 nitrogen and oxygen atoms in total. The number of esters is 1. The number of carbonyl (C=O) groups excluding carboxylic acids is 2. The van der Waals surface area contributed by atoms with Crippen LogP contribution in [0.2, 0.25) is 0 Å². The monoisotopic (exact) mass is 228 g/mol. The van der Waals surface area contributed by atoms with E-state index < -0.39 is 12.0 Å². The Morgan fingerprint density at radius 3 is 2.93 bits per heavy atom. The standard InChI is InChI=1S/C9H12N2O3S/c1-14-9(13)7(10)4-11-8(12)6-2-3-15-5-6/h2-3,5,7H,4,10H2,1H3,(H,11,12). The van der Waals surface area contributed by atoms with E-state index in [0.717, 1.165) is 0 Å². The highest BCUT2D eigenvalue weighted by molar-refractivity contribution is 7.08. The highest BCUT2D eigenvalue weighted by Gasteiger charge is 2.15. The minimum Gasteiger partial charge on any atom is -0.468 e. The van der Waals surface area contributed by atoms with Crippen LogP contribution < -0.4 is 11.1 Å². The molecule has 0 saturated carbocycles. The summed E-state index contributed by atoms with van der Waals surface area (Å²) in [6.45, 7) is 0.0708. The van der Waals surface area contributed by atoms with Gasteiger partial charge >= 0.3 is 5.97 Å². The van der Waals surface area contributed by atoms with Crippen LogP contribution in [-0.4, -0.2) is 31.6 Å². The van der Waals surface area contributed by atoms with Gasteiger partial charge < -0.3 is 15.8 Å². The minimum absolute atomic E-state index is 0.0708. The van der Waals surface area contributed by atoms with Gasteiger partial charge in [-0.25, -0.2) is 0 Å². The van der Waals surface area contributed by atoms with Crippen molar-refractivity contribution in [1.82, 2.24) is 5.32 Å². The third-order valence-electron chi connectivity index (χ3n) is 1.77. The van der Waals surface area contributed by atoms with Crippen molar-refractivity contribution in [3.8, 4) is 0 Å². The van der Waals surface area contributed by atoms with Crippen molar-refractivity contribution in [2.45, 2.75) is 6.04 Å². The van der Waals surface area contributed by atoms with Gasteiger partial charge in [0.15, 0.2) is 0 Å². The van der Waals surface area contributed by atoms with Crippen LogP contribution in [0.4, 0.5) is 0 Å². The highest BCUT2D eigenvalue weighted by atomic mass is 32.1. The number of amides is 1. The van der Waals surface area contributed by atoms with Crippen molar-refractivity contribution in [3.63, 3.8) is 0 Å². The highest BCUT2D eigenvalue weighted by Crippen LogP contribution is 2.04. The van der Waals surface area contributed by atoms with E-state index in [-0.39, 0.29) is 12.5 Å². The first kappa shape index (κ1) is 11.7. The van der Waals surface area contributed by atoms with Crippen molar-refractivity contribution in [1.29, 1.82) is 0 Å². The van der Waals surface area contributed by atoms with Gasteiger partial charge in [0.2, 0.25) is 0 Å². The predicted molar refractivity (Wildman–Crippen MR) is 56.6 cm³/mol. The number of methoxy groups -OCH3 is 1. The van der Waals surface area contributed by atoms with Gasteiger partial charge in [0.1, 0.15) is 6.04 Å². The average Bonchev–Trinajstić information content (AvgIpc) is 2.77. The van der Waals surface area contributed by atoms with Gasteiger partial charge in [-0.05, 0) is 11.4 Å². The molecule has 6 heteroatoms. The zero-order chi connectivity index (χ0) is 11.3. The Balaban J connectivity index is 2.38. The van der Waals surface area contributed by atoms with Crippen LogP contribution in [0, 0.1) is 0 Å². The number of nitrogens with two attached hydrogens (primary N) is 1. The van der Waals surface area contributed by atoms with Gasteiger partial charge in [0, 0.05) is 17.5 Å². The third-order valence-corrected chi connectivity index (χ3v) is 2.45. The lowest BCUT2D eigenvalue weighted by Gasteiger charge is -2.09. The van der Waals surface area contributed by atoms with Crippen LogP contribution in [-0.2, 0) is 9.53 Å². The van der Waals surface area contributed by atoms with Crippen molar-refractivity contribution in [2.75, 3.05) is 13.7 Å². The number of hydrogen-bond donors (Lipinski definition) is 2. The number of hydrogen-bond acceptors (Lipinski definition) is 5. The summed E-state index contributed by atoms with van der Waals surface area (Å²) in [4.78, 5) is 22.3. The van der Waals surface area contributed by atoms with Crippen molar-refractivity contribution in [2.24, 2.45) is 5.73 Å². The molecular weight excluding hydrogens is 216 g/mol. The van der Waals surface area contributed by atoms with Gasteiger partial charge in [-0.1, -0.05) is 0 Å². The quantitative estimate of drug-likeness (QED) is 0.709. The Bertz CT molecular complexity index is 337. The Labute approximate surface area is 91.2 Å². The molecule has 1 aromatic heterocycles. The van der Waals surface area contributed by atoms with E-state index in [4.69, 9.17) is 5.73 Å². The van der Waals surface area contributed by atoms with Crippen molar-refractivity contribution >= 4 is 23.2 Å². The van der Waals surface area contributed by atoms with Crippen molar-refractivity contribution < 1.29 is 14.3 Å². The van der Waals surface area contributed by atoms with Gasteiger partial charge in [0.25, 0.3) is 5.91 Å². The molecule has 0 aliphatic heterocycles. The van der Waals surface area contributed by atoms with E-state index in [1.165, 1.54) is 18.4 Å². The van der Waals surface area contributed by atoms with E-state index in [0.29, 0.717) is 5.56 Å². The van der Waals surface area contributed by atoms with Crippen LogP contribution in [0.15, 0.2) is 16.8 Å². The van der Waals surface area contributed by atoms with Crippen LogP contribution in [0.25, 0.3) is 0 Å². The molecule has 1 heterocycles. The van der Waals surface area contributed by atoms with Crippen LogP contribution in [0.3, 0.4) is 0 Å². The molecule has 0 saturated heterocycles. The normalized spacial score (nSPS) is 11.9. The molecule has 0 radical (unpaired) electrons. The predicted octanol–water partition coefficient (Wildman–Crippen LogP) is -0.0218. The molecular formula is C9H12N2O3S. The maximum atomic E-state index is 11.4. The van der Waals surface area contributed by atoms with E-state index >= 15 is 0 Å². The summed E-state index contributed by atoms with van der Waals surface area (Å²) in [6.07, 6.45) is 0. The Kier molecular flexibility index (Phi) is 4.26.